The average Bonchev–Trinajstić information content (AvgIpc) is 2.26. The van der Waals surface area contributed by atoms with Crippen molar-refractivity contribution in [3.8, 4) is 0 Å². The molecule has 0 heterocycles. The molecular weight excluding hydrogens is 182 g/mol. The minimum Gasteiger partial charge on any atom is -0.464 e. The van der Waals surface area contributed by atoms with Crippen molar-refractivity contribution in [2.75, 3.05) is 7.11 Å². The molecule has 0 amide bonds. The van der Waals surface area contributed by atoms with E-state index in [1.807, 2.05) is 30.3 Å². The largest absolute Gasteiger partial charge is 0.464 e. The molecule has 4 nitrogen and oxygen atoms in total. The molecule has 0 radical (unpaired) electrons. The third kappa shape index (κ3) is 2.58. The van der Waals surface area contributed by atoms with Gasteiger partial charge in [-0.2, -0.15) is 0 Å². The Morgan fingerprint density at radius 3 is 2.57 bits per heavy atom. The van der Waals surface area contributed by atoms with Crippen molar-refractivity contribution in [1.29, 1.82) is 0 Å². The highest BCUT2D eigenvalue weighted by molar-refractivity contribution is 6.36. The van der Waals surface area contributed by atoms with Crippen LogP contribution in [0.25, 0.3) is 0 Å². The highest BCUT2D eigenvalue weighted by atomic mass is 16.5. The third-order valence-corrected chi connectivity index (χ3v) is 1.76. The van der Waals surface area contributed by atoms with E-state index in [1.54, 1.807) is 0 Å². The summed E-state index contributed by atoms with van der Waals surface area (Å²) < 4.78 is 4.45. The first-order valence-corrected chi connectivity index (χ1v) is 4.11. The normalized spacial score (nSPS) is 11.1. The van der Waals surface area contributed by atoms with Crippen LogP contribution in [0.5, 0.6) is 0 Å². The van der Waals surface area contributed by atoms with Crippen LogP contribution in [-0.4, -0.2) is 24.0 Å². The summed E-state index contributed by atoms with van der Waals surface area (Å²) in [6.45, 7) is 0. The Hall–Kier alpha value is -1.84. The number of nitrogens with zero attached hydrogens (tertiary/aromatic N) is 1. The maximum absolute atomic E-state index is 11.0. The fraction of sp³-hybridized carbons (Fsp3) is 0.200. The summed E-state index contributed by atoms with van der Waals surface area (Å²) in [6, 6.07) is 9.25. The molecule has 0 unspecified atom stereocenters. The van der Waals surface area contributed by atoms with Gasteiger partial charge in [0, 0.05) is 6.42 Å². The highest BCUT2D eigenvalue weighted by Gasteiger charge is 2.12. The Balaban J connectivity index is 2.73. The van der Waals surface area contributed by atoms with Crippen LogP contribution in [0.1, 0.15) is 5.56 Å². The Bertz CT molecular complexity index is 332. The first-order valence-electron chi connectivity index (χ1n) is 4.11. The molecule has 0 atom stereocenters. The lowest BCUT2D eigenvalue weighted by molar-refractivity contribution is -0.132. The molecule has 0 spiro atoms. The van der Waals surface area contributed by atoms with Gasteiger partial charge in [0.25, 0.3) is 0 Å². The maximum atomic E-state index is 11.0. The van der Waals surface area contributed by atoms with Crippen molar-refractivity contribution in [1.82, 2.24) is 0 Å². The summed E-state index contributed by atoms with van der Waals surface area (Å²) in [4.78, 5) is 11.0. The topological polar surface area (TPSA) is 58.9 Å². The van der Waals surface area contributed by atoms with Crippen molar-refractivity contribution < 1.29 is 14.7 Å². The van der Waals surface area contributed by atoms with Gasteiger partial charge in [0.2, 0.25) is 0 Å². The van der Waals surface area contributed by atoms with E-state index in [-0.39, 0.29) is 12.1 Å². The van der Waals surface area contributed by atoms with Gasteiger partial charge in [-0.3, -0.25) is 0 Å². The second kappa shape index (κ2) is 5.01. The SMILES string of the molecule is COC(=O)/C(Cc1ccccc1)=N\O. The van der Waals surface area contributed by atoms with Gasteiger partial charge in [-0.1, -0.05) is 35.5 Å². The first kappa shape index (κ1) is 10.2. The second-order valence-corrected chi connectivity index (χ2v) is 2.70. The summed E-state index contributed by atoms with van der Waals surface area (Å²) >= 11 is 0. The molecule has 0 fully saturated rings. The number of rotatable bonds is 3. The Kier molecular flexibility index (Phi) is 3.67. The summed E-state index contributed by atoms with van der Waals surface area (Å²) in [5, 5.41) is 11.5. The van der Waals surface area contributed by atoms with Gasteiger partial charge in [-0.15, -0.1) is 0 Å². The molecule has 0 saturated carbocycles. The predicted molar refractivity (Wildman–Crippen MR) is 51.4 cm³/mol. The van der Waals surface area contributed by atoms with Crippen molar-refractivity contribution in [2.24, 2.45) is 5.16 Å². The minimum absolute atomic E-state index is 0.00120. The molecule has 74 valence electrons. The van der Waals surface area contributed by atoms with E-state index in [2.05, 4.69) is 9.89 Å². The number of oxime groups is 1. The number of carbonyl (C=O) groups excluding carboxylic acids is 1. The van der Waals surface area contributed by atoms with Crippen LogP contribution in [0.15, 0.2) is 35.5 Å². The van der Waals surface area contributed by atoms with E-state index < -0.39 is 5.97 Å². The predicted octanol–water partition coefficient (Wildman–Crippen LogP) is 1.23. The standard InChI is InChI=1S/C10H11NO3/c1-14-10(12)9(11-13)7-8-5-3-2-4-6-8/h2-6,13H,7H2,1H3/b11-9-. The van der Waals surface area contributed by atoms with Gasteiger partial charge < -0.3 is 9.94 Å². The Labute approximate surface area is 81.8 Å². The van der Waals surface area contributed by atoms with Gasteiger partial charge >= 0.3 is 5.97 Å². The van der Waals surface area contributed by atoms with Crippen LogP contribution in [0.4, 0.5) is 0 Å². The van der Waals surface area contributed by atoms with E-state index in [4.69, 9.17) is 5.21 Å². The lowest BCUT2D eigenvalue weighted by Gasteiger charge is -2.01. The molecule has 4 heteroatoms. The van der Waals surface area contributed by atoms with Crippen molar-refractivity contribution in [3.05, 3.63) is 35.9 Å². The highest BCUT2D eigenvalue weighted by Crippen LogP contribution is 2.01. The van der Waals surface area contributed by atoms with Crippen LogP contribution in [-0.2, 0) is 16.0 Å². The first-order chi connectivity index (χ1) is 6.77. The van der Waals surface area contributed by atoms with Gasteiger partial charge in [-0.05, 0) is 5.56 Å². The molecule has 0 bridgehead atoms. The van der Waals surface area contributed by atoms with Gasteiger partial charge in [0.05, 0.1) is 7.11 Å². The fourth-order valence-electron chi connectivity index (χ4n) is 1.06. The Morgan fingerprint density at radius 2 is 2.07 bits per heavy atom. The van der Waals surface area contributed by atoms with Crippen molar-refractivity contribution in [2.45, 2.75) is 6.42 Å². The molecule has 0 aliphatic rings. The van der Waals surface area contributed by atoms with Crippen LogP contribution >= 0.6 is 0 Å². The molecule has 0 aliphatic heterocycles. The Morgan fingerprint density at radius 1 is 1.43 bits per heavy atom. The number of hydrogen-bond donors (Lipinski definition) is 1. The van der Waals surface area contributed by atoms with Crippen molar-refractivity contribution in [3.63, 3.8) is 0 Å². The van der Waals surface area contributed by atoms with Crippen LogP contribution in [0.3, 0.4) is 0 Å². The molecule has 0 saturated heterocycles. The van der Waals surface area contributed by atoms with Crippen LogP contribution in [0.2, 0.25) is 0 Å². The monoisotopic (exact) mass is 193 g/mol. The third-order valence-electron chi connectivity index (χ3n) is 1.76. The zero-order valence-corrected chi connectivity index (χ0v) is 7.80. The lowest BCUT2D eigenvalue weighted by atomic mass is 10.1. The van der Waals surface area contributed by atoms with Gasteiger partial charge in [-0.25, -0.2) is 4.79 Å². The summed E-state index contributed by atoms with van der Waals surface area (Å²) in [5.41, 5.74) is 0.893. The van der Waals surface area contributed by atoms with Crippen LogP contribution < -0.4 is 0 Å². The zero-order chi connectivity index (χ0) is 10.4. The number of carbonyl (C=O) groups is 1. The summed E-state index contributed by atoms with van der Waals surface area (Å²) in [7, 11) is 1.25. The lowest BCUT2D eigenvalue weighted by Crippen LogP contribution is -2.18. The van der Waals surface area contributed by atoms with E-state index in [0.717, 1.165) is 5.56 Å². The quantitative estimate of drug-likeness (QED) is 0.340. The number of ether oxygens (including phenoxy) is 1. The number of esters is 1. The maximum Gasteiger partial charge on any atom is 0.356 e. The molecule has 1 aromatic rings. The molecule has 14 heavy (non-hydrogen) atoms. The smallest absolute Gasteiger partial charge is 0.356 e. The van der Waals surface area contributed by atoms with E-state index in [0.29, 0.717) is 0 Å². The second-order valence-electron chi connectivity index (χ2n) is 2.70. The molecule has 1 N–H and O–H groups in total. The molecule has 0 aliphatic carbocycles. The van der Waals surface area contributed by atoms with Crippen molar-refractivity contribution >= 4 is 11.7 Å². The van der Waals surface area contributed by atoms with Crippen LogP contribution in [0, 0.1) is 0 Å². The fourth-order valence-corrected chi connectivity index (χ4v) is 1.06. The van der Waals surface area contributed by atoms with E-state index in [9.17, 15) is 4.79 Å². The number of methoxy groups -OCH3 is 1. The summed E-state index contributed by atoms with van der Waals surface area (Å²) in [5.74, 6) is -0.614. The molecule has 0 aromatic heterocycles. The molecule has 1 rings (SSSR count). The van der Waals surface area contributed by atoms with Gasteiger partial charge in [0.15, 0.2) is 5.71 Å². The zero-order valence-electron chi connectivity index (χ0n) is 7.80. The summed E-state index contributed by atoms with van der Waals surface area (Å²) in [6.07, 6.45) is 0.268. The van der Waals surface area contributed by atoms with Gasteiger partial charge in [0.1, 0.15) is 0 Å². The molecule has 1 aromatic carbocycles. The minimum atomic E-state index is -0.614. The molecular formula is C10H11NO3. The van der Waals surface area contributed by atoms with E-state index in [1.165, 1.54) is 7.11 Å². The average molecular weight is 193 g/mol. The number of benzene rings is 1. The number of hydrogen-bond acceptors (Lipinski definition) is 4. The van der Waals surface area contributed by atoms with E-state index >= 15 is 0 Å².